The minimum absolute atomic E-state index is 0.256. The van der Waals surface area contributed by atoms with Crippen molar-refractivity contribution in [2.24, 2.45) is 17.0 Å². The van der Waals surface area contributed by atoms with E-state index in [-0.39, 0.29) is 18.4 Å². The molecule has 0 amide bonds. The fourth-order valence-electron chi connectivity index (χ4n) is 4.25. The lowest BCUT2D eigenvalue weighted by atomic mass is 9.86. The van der Waals surface area contributed by atoms with Crippen LogP contribution < -0.4 is 0 Å². The molecule has 3 atom stereocenters. The molecule has 0 radical (unpaired) electrons. The van der Waals surface area contributed by atoms with Gasteiger partial charge < -0.3 is 15.4 Å². The summed E-state index contributed by atoms with van der Waals surface area (Å²) in [5.41, 5.74) is 2.12. The molecule has 3 N–H and O–H groups in total. The zero-order chi connectivity index (χ0) is 21.1. The van der Waals surface area contributed by atoms with E-state index in [4.69, 9.17) is 5.11 Å². The molecule has 6 heteroatoms. The average Bonchev–Trinajstić information content (AvgIpc) is 3.09. The standard InChI is InChI=1S/C23H35NO4S/c1-17-7-6-9-20(15-17)29-16-19(25)12-13-21-18(11-14-22(21)24-28)8-4-2-3-5-10-23(26)27/h6-7,9,15,18-19,21,25,28H,2-5,8,10-14,16H2,1H3,(H,26,27)/b24-22-/t18-,19+,21?/m0/s1. The van der Waals surface area contributed by atoms with Crippen LogP contribution in [-0.4, -0.2) is 39.0 Å². The van der Waals surface area contributed by atoms with E-state index < -0.39 is 5.97 Å². The first kappa shape index (κ1) is 23.7. The monoisotopic (exact) mass is 421 g/mol. The Morgan fingerprint density at radius 1 is 1.24 bits per heavy atom. The van der Waals surface area contributed by atoms with Crippen LogP contribution in [0.4, 0.5) is 0 Å². The number of nitrogens with zero attached hydrogens (tertiary/aromatic N) is 1. The molecule has 2 rings (SSSR count). The largest absolute Gasteiger partial charge is 0.481 e. The number of thioether (sulfide) groups is 1. The van der Waals surface area contributed by atoms with Crippen molar-refractivity contribution in [2.45, 2.75) is 82.1 Å². The van der Waals surface area contributed by atoms with Crippen LogP contribution in [0.5, 0.6) is 0 Å². The van der Waals surface area contributed by atoms with Crippen LogP contribution in [0, 0.1) is 18.8 Å². The second-order valence-electron chi connectivity index (χ2n) is 8.20. The van der Waals surface area contributed by atoms with Gasteiger partial charge in [0.15, 0.2) is 0 Å². The number of oxime groups is 1. The molecule has 0 heterocycles. The smallest absolute Gasteiger partial charge is 0.303 e. The number of aliphatic hydroxyl groups excluding tert-OH is 1. The number of carbonyl (C=O) groups is 1. The highest BCUT2D eigenvalue weighted by atomic mass is 32.2. The van der Waals surface area contributed by atoms with E-state index in [0.717, 1.165) is 63.5 Å². The highest BCUT2D eigenvalue weighted by Gasteiger charge is 2.33. The van der Waals surface area contributed by atoms with Crippen molar-refractivity contribution in [3.8, 4) is 0 Å². The summed E-state index contributed by atoms with van der Waals surface area (Å²) in [5.74, 6) is 0.731. The highest BCUT2D eigenvalue weighted by Crippen LogP contribution is 2.37. The number of aliphatic carboxylic acids is 1. The second-order valence-corrected chi connectivity index (χ2v) is 9.30. The quantitative estimate of drug-likeness (QED) is 0.169. The number of unbranched alkanes of at least 4 members (excludes halogenated alkanes) is 3. The summed E-state index contributed by atoms with van der Waals surface area (Å²) >= 11 is 1.68. The van der Waals surface area contributed by atoms with Gasteiger partial charge in [-0.05, 0) is 63.5 Å². The van der Waals surface area contributed by atoms with Gasteiger partial charge in [-0.2, -0.15) is 0 Å². The van der Waals surface area contributed by atoms with E-state index in [2.05, 4.69) is 30.3 Å². The Bertz CT molecular complexity index is 664. The highest BCUT2D eigenvalue weighted by molar-refractivity contribution is 7.99. The number of hydrogen-bond acceptors (Lipinski definition) is 5. The Hall–Kier alpha value is -1.53. The van der Waals surface area contributed by atoms with E-state index >= 15 is 0 Å². The topological polar surface area (TPSA) is 90.1 Å². The number of hydrogen-bond donors (Lipinski definition) is 3. The van der Waals surface area contributed by atoms with E-state index in [0.29, 0.717) is 11.7 Å². The fourth-order valence-corrected chi connectivity index (χ4v) is 5.25. The molecule has 1 saturated carbocycles. The minimum atomic E-state index is -0.719. The molecule has 1 aromatic carbocycles. The van der Waals surface area contributed by atoms with Gasteiger partial charge in [-0.1, -0.05) is 42.1 Å². The molecule has 1 aliphatic rings. The van der Waals surface area contributed by atoms with Gasteiger partial charge in [0.05, 0.1) is 11.8 Å². The molecule has 5 nitrogen and oxygen atoms in total. The first-order chi connectivity index (χ1) is 14.0. The molecule has 1 aliphatic carbocycles. The van der Waals surface area contributed by atoms with Gasteiger partial charge in [0.2, 0.25) is 0 Å². The van der Waals surface area contributed by atoms with E-state index in [1.807, 2.05) is 6.07 Å². The van der Waals surface area contributed by atoms with Gasteiger partial charge in [-0.25, -0.2) is 0 Å². The Balaban J connectivity index is 1.71. The second kappa shape index (κ2) is 12.9. The summed E-state index contributed by atoms with van der Waals surface area (Å²) in [7, 11) is 0. The molecule has 0 bridgehead atoms. The fraction of sp³-hybridized carbons (Fsp3) is 0.652. The molecule has 162 valence electrons. The molecule has 0 aromatic heterocycles. The van der Waals surface area contributed by atoms with Crippen LogP contribution in [0.2, 0.25) is 0 Å². The summed E-state index contributed by atoms with van der Waals surface area (Å²) < 4.78 is 0. The maximum atomic E-state index is 10.6. The third-order valence-corrected chi connectivity index (χ3v) is 6.99. The zero-order valence-corrected chi connectivity index (χ0v) is 18.2. The first-order valence-electron chi connectivity index (χ1n) is 10.8. The van der Waals surface area contributed by atoms with Crippen molar-refractivity contribution in [1.82, 2.24) is 0 Å². The minimum Gasteiger partial charge on any atom is -0.481 e. The van der Waals surface area contributed by atoms with Crippen molar-refractivity contribution in [3.05, 3.63) is 29.8 Å². The normalized spacial score (nSPS) is 21.5. The molecule has 0 aliphatic heterocycles. The van der Waals surface area contributed by atoms with Crippen molar-refractivity contribution in [1.29, 1.82) is 0 Å². The third-order valence-electron chi connectivity index (χ3n) is 5.86. The van der Waals surface area contributed by atoms with Crippen LogP contribution in [0.25, 0.3) is 0 Å². The van der Waals surface area contributed by atoms with Crippen molar-refractivity contribution >= 4 is 23.4 Å². The summed E-state index contributed by atoms with van der Waals surface area (Å²) in [5, 5.41) is 32.0. The van der Waals surface area contributed by atoms with Crippen LogP contribution >= 0.6 is 11.8 Å². The van der Waals surface area contributed by atoms with Gasteiger partial charge >= 0.3 is 5.97 Å². The number of aryl methyl sites for hydroxylation is 1. The summed E-state index contributed by atoms with van der Waals surface area (Å²) in [4.78, 5) is 11.7. The molecule has 0 saturated heterocycles. The molecule has 0 spiro atoms. The van der Waals surface area contributed by atoms with Crippen LogP contribution in [0.1, 0.15) is 69.8 Å². The van der Waals surface area contributed by atoms with Gasteiger partial charge in [-0.3, -0.25) is 4.79 Å². The lowest BCUT2D eigenvalue weighted by molar-refractivity contribution is -0.137. The van der Waals surface area contributed by atoms with E-state index in [9.17, 15) is 15.1 Å². The van der Waals surface area contributed by atoms with Gasteiger partial charge in [-0.15, -0.1) is 11.8 Å². The molecule has 1 fully saturated rings. The third kappa shape index (κ3) is 8.79. The van der Waals surface area contributed by atoms with Gasteiger partial charge in [0, 0.05) is 23.0 Å². The average molecular weight is 422 g/mol. The maximum absolute atomic E-state index is 10.6. The molecular weight excluding hydrogens is 386 g/mol. The molecular formula is C23H35NO4S. The summed E-state index contributed by atoms with van der Waals surface area (Å²) in [6.45, 7) is 2.07. The number of rotatable bonds is 13. The Morgan fingerprint density at radius 2 is 2.03 bits per heavy atom. The molecule has 1 aromatic rings. The van der Waals surface area contributed by atoms with Crippen LogP contribution in [0.15, 0.2) is 34.3 Å². The predicted molar refractivity (Wildman–Crippen MR) is 118 cm³/mol. The Morgan fingerprint density at radius 3 is 2.76 bits per heavy atom. The first-order valence-corrected chi connectivity index (χ1v) is 11.8. The number of carboxylic acids is 1. The number of benzene rings is 1. The lowest BCUT2D eigenvalue weighted by Gasteiger charge is -2.21. The van der Waals surface area contributed by atoms with Crippen LogP contribution in [0.3, 0.4) is 0 Å². The number of aliphatic hydroxyl groups is 1. The van der Waals surface area contributed by atoms with E-state index in [1.165, 1.54) is 10.5 Å². The zero-order valence-electron chi connectivity index (χ0n) is 17.4. The summed E-state index contributed by atoms with van der Waals surface area (Å²) in [6.07, 6.45) is 8.30. The van der Waals surface area contributed by atoms with Gasteiger partial charge in [0.1, 0.15) is 0 Å². The van der Waals surface area contributed by atoms with Crippen molar-refractivity contribution in [2.75, 3.05) is 5.75 Å². The lowest BCUT2D eigenvalue weighted by Crippen LogP contribution is -2.19. The maximum Gasteiger partial charge on any atom is 0.303 e. The predicted octanol–water partition coefficient (Wildman–Crippen LogP) is 5.51. The van der Waals surface area contributed by atoms with Gasteiger partial charge in [0.25, 0.3) is 0 Å². The Kier molecular flexibility index (Phi) is 10.6. The SMILES string of the molecule is Cc1cccc(SC[C@H](O)CCC2/C(=N\O)CC[C@@H]2CCCCCCC(=O)O)c1. The van der Waals surface area contributed by atoms with Crippen LogP contribution in [-0.2, 0) is 4.79 Å². The number of carboxylic acid groups (broad SMARTS) is 1. The van der Waals surface area contributed by atoms with Crippen molar-refractivity contribution < 1.29 is 20.2 Å². The molecule has 29 heavy (non-hydrogen) atoms. The summed E-state index contributed by atoms with van der Waals surface area (Å²) in [6, 6.07) is 8.32. The van der Waals surface area contributed by atoms with Crippen molar-refractivity contribution in [3.63, 3.8) is 0 Å². The van der Waals surface area contributed by atoms with E-state index in [1.54, 1.807) is 11.8 Å². The Labute approximate surface area is 178 Å². The molecule has 1 unspecified atom stereocenters.